The first-order valence-electron chi connectivity index (χ1n) is 5.08. The van der Waals surface area contributed by atoms with E-state index in [1.807, 2.05) is 0 Å². The van der Waals surface area contributed by atoms with Crippen molar-refractivity contribution < 1.29 is 9.53 Å². The van der Waals surface area contributed by atoms with Gasteiger partial charge < -0.3 is 10.1 Å². The van der Waals surface area contributed by atoms with E-state index in [1.54, 1.807) is 11.8 Å². The Morgan fingerprint density at radius 1 is 1.57 bits per heavy atom. The van der Waals surface area contributed by atoms with Crippen molar-refractivity contribution in [3.63, 3.8) is 0 Å². The average molecular weight is 219 g/mol. The van der Waals surface area contributed by atoms with Crippen molar-refractivity contribution in [1.29, 1.82) is 0 Å². The molecular formula is C10H21NO2S. The molecule has 0 amide bonds. The van der Waals surface area contributed by atoms with Crippen LogP contribution in [0.1, 0.15) is 26.7 Å². The molecule has 0 saturated carbocycles. The summed E-state index contributed by atoms with van der Waals surface area (Å²) in [5, 5.41) is 3.11. The van der Waals surface area contributed by atoms with Gasteiger partial charge in [-0.25, -0.2) is 0 Å². The molecule has 0 saturated heterocycles. The lowest BCUT2D eigenvalue weighted by molar-refractivity contribution is -0.142. The second kappa shape index (κ2) is 9.34. The van der Waals surface area contributed by atoms with Crippen LogP contribution in [-0.2, 0) is 9.53 Å². The molecule has 1 atom stereocenters. The van der Waals surface area contributed by atoms with Gasteiger partial charge in [0.05, 0.1) is 13.2 Å². The van der Waals surface area contributed by atoms with E-state index in [-0.39, 0.29) is 5.97 Å². The maximum atomic E-state index is 11.1. The van der Waals surface area contributed by atoms with E-state index in [0.29, 0.717) is 19.2 Å². The Morgan fingerprint density at radius 2 is 2.29 bits per heavy atom. The van der Waals surface area contributed by atoms with Crippen LogP contribution in [0, 0.1) is 0 Å². The quantitative estimate of drug-likeness (QED) is 0.498. The number of rotatable bonds is 8. The van der Waals surface area contributed by atoms with E-state index >= 15 is 0 Å². The van der Waals surface area contributed by atoms with Crippen LogP contribution in [-0.4, -0.2) is 37.2 Å². The van der Waals surface area contributed by atoms with Crippen LogP contribution < -0.4 is 5.32 Å². The zero-order valence-electron chi connectivity index (χ0n) is 9.34. The summed E-state index contributed by atoms with van der Waals surface area (Å²) < 4.78 is 5.00. The largest absolute Gasteiger partial charge is 0.465 e. The monoisotopic (exact) mass is 219 g/mol. The van der Waals surface area contributed by atoms with Crippen LogP contribution in [0.15, 0.2) is 0 Å². The van der Waals surface area contributed by atoms with Gasteiger partial charge in [0.25, 0.3) is 0 Å². The van der Waals surface area contributed by atoms with Crippen LogP contribution in [0.4, 0.5) is 0 Å². The fourth-order valence-corrected chi connectivity index (χ4v) is 1.57. The number of esters is 1. The Labute approximate surface area is 91.0 Å². The van der Waals surface area contributed by atoms with E-state index in [0.717, 1.165) is 18.6 Å². The number of carbonyl (C=O) groups excluding carboxylic acids is 1. The van der Waals surface area contributed by atoms with Crippen molar-refractivity contribution in [3.05, 3.63) is 0 Å². The lowest BCUT2D eigenvalue weighted by atomic mass is 10.3. The zero-order chi connectivity index (χ0) is 10.8. The van der Waals surface area contributed by atoms with E-state index < -0.39 is 0 Å². The lowest BCUT2D eigenvalue weighted by Gasteiger charge is -2.11. The molecule has 0 heterocycles. The third-order valence-corrected chi connectivity index (χ3v) is 2.61. The summed E-state index contributed by atoms with van der Waals surface area (Å²) >= 11 is 1.77. The Balaban J connectivity index is 3.34. The molecule has 0 rings (SSSR count). The molecule has 0 aromatic rings. The maximum absolute atomic E-state index is 11.1. The number of thioether (sulfide) groups is 1. The normalized spacial score (nSPS) is 12.5. The van der Waals surface area contributed by atoms with Crippen molar-refractivity contribution in [3.8, 4) is 0 Å². The van der Waals surface area contributed by atoms with Crippen LogP contribution in [0.2, 0.25) is 0 Å². The second-order valence-electron chi connectivity index (χ2n) is 3.31. The highest BCUT2D eigenvalue weighted by Gasteiger charge is 2.05. The van der Waals surface area contributed by atoms with Gasteiger partial charge in [0, 0.05) is 11.8 Å². The number of carbonyl (C=O) groups is 1. The van der Waals surface area contributed by atoms with Crippen molar-refractivity contribution in [1.82, 2.24) is 5.32 Å². The smallest absolute Gasteiger partial charge is 0.319 e. The Hall–Kier alpha value is -0.220. The summed E-state index contributed by atoms with van der Waals surface area (Å²) in [4.78, 5) is 11.1. The standard InChI is InChI=1S/C10H21NO2S/c1-4-5-6-13-10(12)7-11-9(2)8-14-3/h9,11H,4-8H2,1-3H3. The molecule has 0 radical (unpaired) electrons. The highest BCUT2D eigenvalue weighted by atomic mass is 32.2. The molecule has 0 aliphatic carbocycles. The third-order valence-electron chi connectivity index (χ3n) is 1.77. The lowest BCUT2D eigenvalue weighted by Crippen LogP contribution is -2.34. The van der Waals surface area contributed by atoms with Crippen molar-refractivity contribution in [2.45, 2.75) is 32.7 Å². The molecule has 1 N–H and O–H groups in total. The molecule has 84 valence electrons. The van der Waals surface area contributed by atoms with Crippen LogP contribution in [0.3, 0.4) is 0 Å². The Kier molecular flexibility index (Phi) is 9.19. The fourth-order valence-electron chi connectivity index (χ4n) is 0.948. The van der Waals surface area contributed by atoms with Gasteiger partial charge >= 0.3 is 5.97 Å². The van der Waals surface area contributed by atoms with Crippen LogP contribution in [0.25, 0.3) is 0 Å². The minimum atomic E-state index is -0.147. The number of hydrogen-bond acceptors (Lipinski definition) is 4. The number of hydrogen-bond donors (Lipinski definition) is 1. The van der Waals surface area contributed by atoms with Crippen molar-refractivity contribution >= 4 is 17.7 Å². The molecule has 0 spiro atoms. The molecule has 4 heteroatoms. The van der Waals surface area contributed by atoms with Gasteiger partial charge in [-0.15, -0.1) is 0 Å². The van der Waals surface area contributed by atoms with Crippen molar-refractivity contribution in [2.75, 3.05) is 25.2 Å². The molecule has 0 aromatic heterocycles. The Bertz CT molecular complexity index is 153. The van der Waals surface area contributed by atoms with E-state index in [4.69, 9.17) is 4.74 Å². The first-order chi connectivity index (χ1) is 6.70. The fraction of sp³-hybridized carbons (Fsp3) is 0.900. The molecule has 0 aliphatic rings. The van der Waals surface area contributed by atoms with Gasteiger partial charge in [-0.1, -0.05) is 13.3 Å². The molecule has 14 heavy (non-hydrogen) atoms. The topological polar surface area (TPSA) is 38.3 Å². The first-order valence-corrected chi connectivity index (χ1v) is 6.48. The van der Waals surface area contributed by atoms with Gasteiger partial charge in [0.2, 0.25) is 0 Å². The summed E-state index contributed by atoms with van der Waals surface area (Å²) in [6.07, 6.45) is 4.06. The zero-order valence-corrected chi connectivity index (χ0v) is 10.2. The summed E-state index contributed by atoms with van der Waals surface area (Å²) in [6.45, 7) is 5.02. The van der Waals surface area contributed by atoms with Gasteiger partial charge in [-0.3, -0.25) is 4.79 Å². The first kappa shape index (κ1) is 13.8. The SMILES string of the molecule is CCCCOC(=O)CNC(C)CSC. The minimum absolute atomic E-state index is 0.147. The molecule has 1 unspecified atom stereocenters. The van der Waals surface area contributed by atoms with E-state index in [2.05, 4.69) is 25.4 Å². The minimum Gasteiger partial charge on any atom is -0.465 e. The summed E-state index contributed by atoms with van der Waals surface area (Å²) in [5.74, 6) is 0.869. The van der Waals surface area contributed by atoms with Crippen molar-refractivity contribution in [2.24, 2.45) is 0 Å². The van der Waals surface area contributed by atoms with E-state index in [1.165, 1.54) is 0 Å². The van der Waals surface area contributed by atoms with Gasteiger partial charge in [0.15, 0.2) is 0 Å². The molecule has 0 bridgehead atoms. The predicted molar refractivity (Wildman–Crippen MR) is 61.7 cm³/mol. The highest BCUT2D eigenvalue weighted by Crippen LogP contribution is 1.95. The molecule has 0 aromatic carbocycles. The number of unbranched alkanes of at least 4 members (excludes halogenated alkanes) is 1. The number of ether oxygens (including phenoxy) is 1. The van der Waals surface area contributed by atoms with E-state index in [9.17, 15) is 4.79 Å². The van der Waals surface area contributed by atoms with Gasteiger partial charge in [-0.2, -0.15) is 11.8 Å². The second-order valence-corrected chi connectivity index (χ2v) is 4.22. The summed E-state index contributed by atoms with van der Waals surface area (Å²) in [5.41, 5.74) is 0. The third kappa shape index (κ3) is 8.38. The predicted octanol–water partition coefficient (Wildman–Crippen LogP) is 1.67. The Morgan fingerprint density at radius 3 is 2.86 bits per heavy atom. The number of nitrogens with one attached hydrogen (secondary N) is 1. The summed E-state index contributed by atoms with van der Waals surface area (Å²) in [6, 6.07) is 0.365. The molecular weight excluding hydrogens is 198 g/mol. The van der Waals surface area contributed by atoms with Crippen LogP contribution in [0.5, 0.6) is 0 Å². The molecule has 0 fully saturated rings. The maximum Gasteiger partial charge on any atom is 0.319 e. The molecule has 3 nitrogen and oxygen atoms in total. The summed E-state index contributed by atoms with van der Waals surface area (Å²) in [7, 11) is 0. The van der Waals surface area contributed by atoms with Crippen LogP contribution >= 0.6 is 11.8 Å². The molecule has 0 aliphatic heterocycles. The highest BCUT2D eigenvalue weighted by molar-refractivity contribution is 7.98. The average Bonchev–Trinajstić information content (AvgIpc) is 2.16. The van der Waals surface area contributed by atoms with Gasteiger partial charge in [0.1, 0.15) is 0 Å². The van der Waals surface area contributed by atoms with Gasteiger partial charge in [-0.05, 0) is 19.6 Å².